The van der Waals surface area contributed by atoms with E-state index in [1.807, 2.05) is 6.07 Å². The summed E-state index contributed by atoms with van der Waals surface area (Å²) in [5.74, 6) is -0.914. The first-order valence-corrected chi connectivity index (χ1v) is 5.51. The van der Waals surface area contributed by atoms with Crippen molar-refractivity contribution in [3.8, 4) is 0 Å². The zero-order valence-electron chi connectivity index (χ0n) is 9.16. The monoisotopic (exact) mass is 231 g/mol. The maximum Gasteiger partial charge on any atom is 0.336 e. The number of nitrogens with one attached hydrogen (secondary N) is 2. The highest BCUT2D eigenvalue weighted by molar-refractivity contribution is 6.05. The molecule has 5 N–H and O–H groups in total. The van der Waals surface area contributed by atoms with Gasteiger partial charge in [-0.05, 0) is 12.1 Å². The third kappa shape index (κ3) is 1.44. The van der Waals surface area contributed by atoms with Gasteiger partial charge in [-0.15, -0.1) is 0 Å². The molecule has 1 aromatic heterocycles. The van der Waals surface area contributed by atoms with Crippen LogP contribution in [0.4, 0.5) is 0 Å². The molecule has 0 saturated carbocycles. The summed E-state index contributed by atoms with van der Waals surface area (Å²) < 4.78 is 0. The molecule has 88 valence electrons. The molecule has 0 radical (unpaired) electrons. The van der Waals surface area contributed by atoms with Crippen LogP contribution in [-0.4, -0.2) is 22.6 Å². The van der Waals surface area contributed by atoms with Gasteiger partial charge in [0.2, 0.25) is 0 Å². The number of carbonyl (C=O) groups is 1. The fourth-order valence-corrected chi connectivity index (χ4v) is 2.51. The van der Waals surface area contributed by atoms with Crippen molar-refractivity contribution in [1.82, 2.24) is 10.3 Å². The van der Waals surface area contributed by atoms with Gasteiger partial charge in [0.15, 0.2) is 0 Å². The van der Waals surface area contributed by atoms with Gasteiger partial charge in [0.05, 0.1) is 5.56 Å². The number of benzene rings is 1. The standard InChI is InChI=1S/C12H13N3O2/c13-7-4-14-5-9-11(7)10-6(12(16)17)2-1-3-8(10)15-9/h1-3,7,14-15H,4-5,13H2,(H,16,17). The van der Waals surface area contributed by atoms with E-state index in [1.54, 1.807) is 12.1 Å². The van der Waals surface area contributed by atoms with Crippen LogP contribution in [0.15, 0.2) is 18.2 Å². The summed E-state index contributed by atoms with van der Waals surface area (Å²) in [6.07, 6.45) is 0. The maximum atomic E-state index is 11.2. The first kappa shape index (κ1) is 10.3. The molecule has 1 aliphatic heterocycles. The number of carboxylic acids is 1. The smallest absolute Gasteiger partial charge is 0.336 e. The summed E-state index contributed by atoms with van der Waals surface area (Å²) >= 11 is 0. The molecule has 0 saturated heterocycles. The first-order chi connectivity index (χ1) is 8.18. The number of nitrogens with two attached hydrogens (primary N) is 1. The van der Waals surface area contributed by atoms with E-state index in [0.717, 1.165) is 22.2 Å². The number of fused-ring (bicyclic) bond motifs is 3. The Balaban J connectivity index is 2.38. The molecular formula is C12H13N3O2. The number of carboxylic acid groups (broad SMARTS) is 1. The molecule has 3 rings (SSSR count). The Kier molecular flexibility index (Phi) is 2.17. The Morgan fingerprint density at radius 1 is 1.47 bits per heavy atom. The molecule has 1 atom stereocenters. The van der Waals surface area contributed by atoms with Crippen LogP contribution in [-0.2, 0) is 6.54 Å². The molecule has 1 aliphatic rings. The van der Waals surface area contributed by atoms with Gasteiger partial charge >= 0.3 is 5.97 Å². The molecule has 1 unspecified atom stereocenters. The average molecular weight is 231 g/mol. The lowest BCUT2D eigenvalue weighted by Crippen LogP contribution is -2.32. The molecule has 0 aliphatic carbocycles. The zero-order chi connectivity index (χ0) is 12.0. The van der Waals surface area contributed by atoms with Crippen LogP contribution >= 0.6 is 0 Å². The van der Waals surface area contributed by atoms with Gasteiger partial charge in [-0.25, -0.2) is 4.79 Å². The summed E-state index contributed by atoms with van der Waals surface area (Å²) in [5, 5.41) is 13.2. The van der Waals surface area contributed by atoms with Crippen molar-refractivity contribution in [3.05, 3.63) is 35.0 Å². The molecule has 2 aromatic rings. The van der Waals surface area contributed by atoms with Crippen LogP contribution in [0.1, 0.15) is 27.7 Å². The summed E-state index contributed by atoms with van der Waals surface area (Å²) in [6, 6.07) is 5.08. The second kappa shape index (κ2) is 3.58. The maximum absolute atomic E-state index is 11.2. The number of aromatic nitrogens is 1. The van der Waals surface area contributed by atoms with E-state index in [9.17, 15) is 9.90 Å². The minimum absolute atomic E-state index is 0.159. The number of aromatic carboxylic acids is 1. The van der Waals surface area contributed by atoms with E-state index in [4.69, 9.17) is 5.73 Å². The van der Waals surface area contributed by atoms with Gasteiger partial charge < -0.3 is 21.1 Å². The lowest BCUT2D eigenvalue weighted by Gasteiger charge is -2.20. The SMILES string of the molecule is NC1CNCc2[nH]c3cccc(C(=O)O)c3c21. The first-order valence-electron chi connectivity index (χ1n) is 5.51. The van der Waals surface area contributed by atoms with Gasteiger partial charge in [-0.3, -0.25) is 0 Å². The van der Waals surface area contributed by atoms with Crippen LogP contribution < -0.4 is 11.1 Å². The molecule has 0 spiro atoms. The molecule has 0 bridgehead atoms. The lowest BCUT2D eigenvalue weighted by atomic mass is 9.97. The van der Waals surface area contributed by atoms with Crippen molar-refractivity contribution < 1.29 is 9.90 Å². The summed E-state index contributed by atoms with van der Waals surface area (Å²) in [4.78, 5) is 14.5. The number of H-pyrrole nitrogens is 1. The third-order valence-electron chi connectivity index (χ3n) is 3.21. The minimum atomic E-state index is -0.914. The van der Waals surface area contributed by atoms with E-state index in [2.05, 4.69) is 10.3 Å². The molecule has 17 heavy (non-hydrogen) atoms. The van der Waals surface area contributed by atoms with E-state index in [0.29, 0.717) is 18.7 Å². The summed E-state index contributed by atoms with van der Waals surface area (Å²) in [5.41, 5.74) is 9.14. The molecule has 1 aromatic carbocycles. The Morgan fingerprint density at radius 2 is 2.29 bits per heavy atom. The predicted octanol–water partition coefficient (Wildman–Crippen LogP) is 0.969. The van der Waals surface area contributed by atoms with Crippen molar-refractivity contribution in [2.75, 3.05) is 6.54 Å². The van der Waals surface area contributed by atoms with Crippen molar-refractivity contribution in [2.45, 2.75) is 12.6 Å². The number of hydrogen-bond acceptors (Lipinski definition) is 3. The Morgan fingerprint density at radius 3 is 3.06 bits per heavy atom. The predicted molar refractivity (Wildman–Crippen MR) is 63.9 cm³/mol. The Labute approximate surface area is 97.6 Å². The van der Waals surface area contributed by atoms with Crippen molar-refractivity contribution in [2.24, 2.45) is 5.73 Å². The lowest BCUT2D eigenvalue weighted by molar-refractivity contribution is 0.0699. The summed E-state index contributed by atoms with van der Waals surface area (Å²) in [7, 11) is 0. The topological polar surface area (TPSA) is 91.1 Å². The van der Waals surface area contributed by atoms with E-state index in [-0.39, 0.29) is 6.04 Å². The summed E-state index contributed by atoms with van der Waals surface area (Å²) in [6.45, 7) is 1.38. The largest absolute Gasteiger partial charge is 0.478 e. The van der Waals surface area contributed by atoms with E-state index < -0.39 is 5.97 Å². The van der Waals surface area contributed by atoms with E-state index >= 15 is 0 Å². The van der Waals surface area contributed by atoms with Gasteiger partial charge in [0.1, 0.15) is 0 Å². The second-order valence-electron chi connectivity index (χ2n) is 4.29. The Hall–Kier alpha value is -1.85. The van der Waals surface area contributed by atoms with Crippen LogP contribution in [0.2, 0.25) is 0 Å². The normalized spacial score (nSPS) is 19.2. The van der Waals surface area contributed by atoms with Crippen molar-refractivity contribution in [1.29, 1.82) is 0 Å². The molecule has 5 heteroatoms. The van der Waals surface area contributed by atoms with Crippen molar-refractivity contribution in [3.63, 3.8) is 0 Å². The van der Waals surface area contributed by atoms with Crippen LogP contribution in [0.25, 0.3) is 10.9 Å². The highest BCUT2D eigenvalue weighted by Crippen LogP contribution is 2.31. The van der Waals surface area contributed by atoms with Gasteiger partial charge in [0.25, 0.3) is 0 Å². The molecule has 5 nitrogen and oxygen atoms in total. The van der Waals surface area contributed by atoms with E-state index in [1.165, 1.54) is 0 Å². The third-order valence-corrected chi connectivity index (χ3v) is 3.21. The van der Waals surface area contributed by atoms with Gasteiger partial charge in [-0.2, -0.15) is 0 Å². The molecule has 2 heterocycles. The van der Waals surface area contributed by atoms with Crippen molar-refractivity contribution >= 4 is 16.9 Å². The minimum Gasteiger partial charge on any atom is -0.478 e. The highest BCUT2D eigenvalue weighted by Gasteiger charge is 2.24. The number of aromatic amines is 1. The van der Waals surface area contributed by atoms with Crippen LogP contribution in [0, 0.1) is 0 Å². The Bertz CT molecular complexity index is 603. The average Bonchev–Trinajstić information content (AvgIpc) is 2.67. The van der Waals surface area contributed by atoms with Crippen LogP contribution in [0.5, 0.6) is 0 Å². The second-order valence-corrected chi connectivity index (χ2v) is 4.29. The fraction of sp³-hybridized carbons (Fsp3) is 0.250. The van der Waals surface area contributed by atoms with Gasteiger partial charge in [0, 0.05) is 41.3 Å². The molecule has 0 amide bonds. The molecular weight excluding hydrogens is 218 g/mol. The fourth-order valence-electron chi connectivity index (χ4n) is 2.51. The van der Waals surface area contributed by atoms with Crippen LogP contribution in [0.3, 0.4) is 0 Å². The van der Waals surface area contributed by atoms with Gasteiger partial charge in [-0.1, -0.05) is 6.07 Å². The highest BCUT2D eigenvalue weighted by atomic mass is 16.4. The quantitative estimate of drug-likeness (QED) is 0.588. The number of hydrogen-bond donors (Lipinski definition) is 4. The molecule has 0 fully saturated rings. The zero-order valence-corrected chi connectivity index (χ0v) is 9.16. The number of rotatable bonds is 1.